The Kier molecular flexibility index (Phi) is 7.66. The number of hydrogen-bond donors (Lipinski definition) is 1. The van der Waals surface area contributed by atoms with E-state index in [4.69, 9.17) is 21.1 Å². The summed E-state index contributed by atoms with van der Waals surface area (Å²) in [6.07, 6.45) is 3.17. The lowest BCUT2D eigenvalue weighted by Crippen LogP contribution is -2.55. The van der Waals surface area contributed by atoms with Gasteiger partial charge in [-0.1, -0.05) is 23.7 Å². The van der Waals surface area contributed by atoms with Crippen LogP contribution in [0.3, 0.4) is 0 Å². The maximum Gasteiger partial charge on any atom is 0.411 e. The number of aromatic nitrogens is 1. The number of halogens is 1. The van der Waals surface area contributed by atoms with Crippen LogP contribution in [0.15, 0.2) is 43.1 Å². The number of benzene rings is 1. The van der Waals surface area contributed by atoms with Crippen molar-refractivity contribution in [2.45, 2.75) is 75.5 Å². The molecule has 2 aliphatic carbocycles. The number of sulfonamides is 1. The number of carbonyl (C=O) groups is 3. The van der Waals surface area contributed by atoms with Crippen molar-refractivity contribution in [3.63, 3.8) is 0 Å². The summed E-state index contributed by atoms with van der Waals surface area (Å²) in [5.74, 6) is -0.610. The lowest BCUT2D eigenvalue weighted by molar-refractivity contribution is -0.133. The van der Waals surface area contributed by atoms with Crippen LogP contribution in [0.4, 0.5) is 9.59 Å². The summed E-state index contributed by atoms with van der Waals surface area (Å²) in [6.45, 7) is 8.85. The number of likely N-dealkylation sites (tertiary alicyclic amines) is 1. The van der Waals surface area contributed by atoms with Gasteiger partial charge in [-0.2, -0.15) is 0 Å². The molecule has 5 rings (SSSR count). The van der Waals surface area contributed by atoms with E-state index in [9.17, 15) is 22.8 Å². The normalized spacial score (nSPS) is 24.0. The molecule has 3 aliphatic rings. The molecule has 2 saturated carbocycles. The first-order chi connectivity index (χ1) is 19.3. The molecule has 3 fully saturated rings. The van der Waals surface area contributed by atoms with Crippen molar-refractivity contribution in [3.8, 4) is 5.88 Å². The molecule has 2 heterocycles. The standard InChI is InChI=1S/C28H33ClN4O7S/c1-5-16-12-22(16)33(26(35)31-41(37,38)20-8-9-20)25(34)23-14-19(15-32(23)27(36)40-28(2,3)4)39-24-21-13-18(29)7-6-17(21)10-11-30-24/h5-7,10-11,13,16,19-20,22-23H,1,8-9,12,14-15H2,2-4H3,(H,31,35). The molecule has 13 heteroatoms. The van der Waals surface area contributed by atoms with Crippen molar-refractivity contribution in [2.24, 2.45) is 5.92 Å². The summed E-state index contributed by atoms with van der Waals surface area (Å²) in [5.41, 5.74) is -0.850. The summed E-state index contributed by atoms with van der Waals surface area (Å²) in [5, 5.41) is 1.35. The number of hydrogen-bond acceptors (Lipinski definition) is 8. The fourth-order valence-electron chi connectivity index (χ4n) is 4.96. The first kappa shape index (κ1) is 29.1. The number of urea groups is 1. The highest BCUT2D eigenvalue weighted by molar-refractivity contribution is 7.90. The monoisotopic (exact) mass is 604 g/mol. The molecule has 4 atom stereocenters. The minimum atomic E-state index is -3.92. The zero-order chi connectivity index (χ0) is 29.7. The van der Waals surface area contributed by atoms with Gasteiger partial charge in [-0.15, -0.1) is 6.58 Å². The number of nitrogens with zero attached hydrogens (tertiary/aromatic N) is 3. The number of imide groups is 1. The number of amides is 4. The van der Waals surface area contributed by atoms with Gasteiger partial charge in [0.25, 0.3) is 5.91 Å². The molecule has 1 saturated heterocycles. The molecule has 0 spiro atoms. The van der Waals surface area contributed by atoms with Gasteiger partial charge in [-0.3, -0.25) is 14.6 Å². The van der Waals surface area contributed by atoms with Gasteiger partial charge in [0.2, 0.25) is 15.9 Å². The Hall–Kier alpha value is -3.38. The van der Waals surface area contributed by atoms with E-state index in [1.54, 1.807) is 45.2 Å². The summed E-state index contributed by atoms with van der Waals surface area (Å²) in [7, 11) is -3.92. The van der Waals surface area contributed by atoms with Gasteiger partial charge in [-0.25, -0.2) is 27.7 Å². The Morgan fingerprint density at radius 2 is 1.93 bits per heavy atom. The van der Waals surface area contributed by atoms with E-state index < -0.39 is 57.1 Å². The minimum Gasteiger partial charge on any atom is -0.472 e. The Labute approximate surface area is 243 Å². The van der Waals surface area contributed by atoms with Crippen LogP contribution in [0.1, 0.15) is 46.5 Å². The van der Waals surface area contributed by atoms with Crippen molar-refractivity contribution in [2.75, 3.05) is 6.54 Å². The maximum absolute atomic E-state index is 14.0. The predicted molar refractivity (Wildman–Crippen MR) is 152 cm³/mol. The third-order valence-electron chi connectivity index (χ3n) is 7.23. The second-order valence-corrected chi connectivity index (χ2v) is 14.1. The molecular weight excluding hydrogens is 572 g/mol. The summed E-state index contributed by atoms with van der Waals surface area (Å²) >= 11 is 6.20. The summed E-state index contributed by atoms with van der Waals surface area (Å²) in [4.78, 5) is 47.1. The smallest absolute Gasteiger partial charge is 0.411 e. The third kappa shape index (κ3) is 6.43. The van der Waals surface area contributed by atoms with Gasteiger partial charge in [0.15, 0.2) is 0 Å². The molecule has 41 heavy (non-hydrogen) atoms. The molecule has 4 amide bonds. The number of ether oxygens (including phenoxy) is 2. The van der Waals surface area contributed by atoms with Crippen molar-refractivity contribution >= 4 is 50.4 Å². The average molecular weight is 605 g/mol. The van der Waals surface area contributed by atoms with Crippen LogP contribution in [-0.4, -0.2) is 76.8 Å². The highest BCUT2D eigenvalue weighted by atomic mass is 35.5. The molecule has 0 bridgehead atoms. The van der Waals surface area contributed by atoms with Crippen LogP contribution in [0.2, 0.25) is 5.02 Å². The van der Waals surface area contributed by atoms with E-state index >= 15 is 0 Å². The van der Waals surface area contributed by atoms with E-state index in [0.717, 1.165) is 10.3 Å². The predicted octanol–water partition coefficient (Wildman–Crippen LogP) is 4.25. The molecule has 1 N–H and O–H groups in total. The van der Waals surface area contributed by atoms with E-state index in [0.29, 0.717) is 29.7 Å². The van der Waals surface area contributed by atoms with Crippen LogP contribution in [0.5, 0.6) is 5.88 Å². The highest BCUT2D eigenvalue weighted by Gasteiger charge is 2.52. The zero-order valence-electron chi connectivity index (χ0n) is 23.1. The first-order valence-electron chi connectivity index (χ1n) is 13.5. The zero-order valence-corrected chi connectivity index (χ0v) is 24.7. The van der Waals surface area contributed by atoms with Crippen LogP contribution in [0, 0.1) is 5.92 Å². The Morgan fingerprint density at radius 3 is 2.56 bits per heavy atom. The van der Waals surface area contributed by atoms with Gasteiger partial charge in [-0.05, 0) is 69.5 Å². The number of fused-ring (bicyclic) bond motifs is 1. The van der Waals surface area contributed by atoms with Crippen LogP contribution in [-0.2, 0) is 19.6 Å². The highest BCUT2D eigenvalue weighted by Crippen LogP contribution is 2.39. The van der Waals surface area contributed by atoms with E-state index in [-0.39, 0.29) is 24.8 Å². The third-order valence-corrected chi connectivity index (χ3v) is 9.28. The van der Waals surface area contributed by atoms with Crippen LogP contribution < -0.4 is 9.46 Å². The lowest BCUT2D eigenvalue weighted by Gasteiger charge is -2.30. The van der Waals surface area contributed by atoms with Gasteiger partial charge in [0.05, 0.1) is 11.8 Å². The van der Waals surface area contributed by atoms with Crippen molar-refractivity contribution in [1.29, 1.82) is 0 Å². The summed E-state index contributed by atoms with van der Waals surface area (Å²) < 4.78 is 39.0. The van der Waals surface area contributed by atoms with Crippen molar-refractivity contribution in [3.05, 3.63) is 48.1 Å². The summed E-state index contributed by atoms with van der Waals surface area (Å²) in [6, 6.07) is 4.36. The first-order valence-corrected chi connectivity index (χ1v) is 15.4. The fraction of sp³-hybridized carbons (Fsp3) is 0.500. The van der Waals surface area contributed by atoms with Crippen molar-refractivity contribution < 1.29 is 32.3 Å². The van der Waals surface area contributed by atoms with E-state index in [1.165, 1.54) is 4.90 Å². The maximum atomic E-state index is 14.0. The number of pyridine rings is 1. The molecule has 0 radical (unpaired) electrons. The van der Waals surface area contributed by atoms with Crippen LogP contribution in [0.25, 0.3) is 10.8 Å². The molecule has 220 valence electrons. The van der Waals surface area contributed by atoms with Crippen LogP contribution >= 0.6 is 11.6 Å². The Balaban J connectivity index is 1.43. The lowest BCUT2D eigenvalue weighted by atomic mass is 10.1. The van der Waals surface area contributed by atoms with Gasteiger partial charge < -0.3 is 9.47 Å². The van der Waals surface area contributed by atoms with E-state index in [2.05, 4.69) is 16.3 Å². The van der Waals surface area contributed by atoms with E-state index in [1.807, 2.05) is 12.1 Å². The molecule has 4 unspecified atom stereocenters. The molecule has 2 aromatic rings. The Bertz CT molecular complexity index is 1500. The number of rotatable bonds is 7. The average Bonchev–Trinajstić information content (AvgIpc) is 3.81. The number of carbonyl (C=O) groups excluding carboxylic acids is 3. The quantitative estimate of drug-likeness (QED) is 0.463. The molecule has 1 aromatic heterocycles. The minimum absolute atomic E-state index is 0.0185. The van der Waals surface area contributed by atoms with Gasteiger partial charge in [0.1, 0.15) is 17.7 Å². The SMILES string of the molecule is C=CC1CC1N(C(=O)NS(=O)(=O)C1CC1)C(=O)C1CC(Oc2nccc3ccc(Cl)cc23)CN1C(=O)OC(C)(C)C. The Morgan fingerprint density at radius 1 is 1.20 bits per heavy atom. The molecule has 1 aliphatic heterocycles. The second kappa shape index (κ2) is 10.8. The second-order valence-electron chi connectivity index (χ2n) is 11.7. The molecule has 1 aromatic carbocycles. The largest absolute Gasteiger partial charge is 0.472 e. The van der Waals surface area contributed by atoms with Gasteiger partial charge in [0, 0.05) is 29.1 Å². The fourth-order valence-corrected chi connectivity index (χ4v) is 6.40. The number of nitrogens with one attached hydrogen (secondary N) is 1. The molecular formula is C28H33ClN4O7S. The topological polar surface area (TPSA) is 135 Å². The van der Waals surface area contributed by atoms with Gasteiger partial charge >= 0.3 is 12.1 Å². The molecule has 11 nitrogen and oxygen atoms in total. The van der Waals surface area contributed by atoms with Crippen molar-refractivity contribution in [1.82, 2.24) is 19.5 Å².